The highest BCUT2D eigenvalue weighted by molar-refractivity contribution is 5.42. The maximum absolute atomic E-state index is 5.26. The van der Waals surface area contributed by atoms with Crippen molar-refractivity contribution in [2.24, 2.45) is 5.92 Å². The number of furan rings is 1. The molecule has 0 radical (unpaired) electrons. The second kappa shape index (κ2) is 5.61. The number of piperazine rings is 1. The quantitative estimate of drug-likeness (QED) is 0.837. The van der Waals surface area contributed by atoms with Crippen LogP contribution in [0.15, 0.2) is 27.3 Å². The Kier molecular flexibility index (Phi) is 3.48. The van der Waals surface area contributed by atoms with Gasteiger partial charge in [0.25, 0.3) is 5.89 Å². The molecule has 4 rings (SSSR count). The zero-order valence-corrected chi connectivity index (χ0v) is 12.1. The molecule has 0 aromatic carbocycles. The fourth-order valence-electron chi connectivity index (χ4n) is 2.81. The van der Waals surface area contributed by atoms with Crippen molar-refractivity contribution in [3.63, 3.8) is 0 Å². The molecule has 21 heavy (non-hydrogen) atoms. The molecule has 6 nitrogen and oxygen atoms in total. The first-order valence-electron chi connectivity index (χ1n) is 7.68. The molecule has 0 bridgehead atoms. The molecule has 112 valence electrons. The lowest BCUT2D eigenvalue weighted by molar-refractivity contribution is 0.120. The molecular weight excluding hydrogens is 268 g/mol. The number of aromatic nitrogens is 2. The summed E-state index contributed by atoms with van der Waals surface area (Å²) < 4.78 is 10.5. The van der Waals surface area contributed by atoms with Gasteiger partial charge in [0, 0.05) is 32.7 Å². The second-order valence-electron chi connectivity index (χ2n) is 6.01. The van der Waals surface area contributed by atoms with Crippen molar-refractivity contribution in [3.8, 4) is 11.7 Å². The van der Waals surface area contributed by atoms with Crippen molar-refractivity contribution < 1.29 is 8.94 Å². The van der Waals surface area contributed by atoms with Crippen molar-refractivity contribution in [1.29, 1.82) is 0 Å². The van der Waals surface area contributed by atoms with E-state index in [1.54, 1.807) is 6.26 Å². The van der Waals surface area contributed by atoms with E-state index in [1.807, 2.05) is 12.1 Å². The third-order valence-electron chi connectivity index (χ3n) is 4.24. The van der Waals surface area contributed by atoms with Gasteiger partial charge < -0.3 is 13.8 Å². The average Bonchev–Trinajstić information content (AvgIpc) is 2.99. The van der Waals surface area contributed by atoms with Gasteiger partial charge in [-0.15, -0.1) is 0 Å². The minimum Gasteiger partial charge on any atom is -0.459 e. The van der Waals surface area contributed by atoms with E-state index in [0.717, 1.165) is 44.5 Å². The van der Waals surface area contributed by atoms with Crippen molar-refractivity contribution >= 4 is 0 Å². The van der Waals surface area contributed by atoms with Gasteiger partial charge >= 0.3 is 0 Å². The van der Waals surface area contributed by atoms with Gasteiger partial charge in [-0.1, -0.05) is 5.16 Å². The molecule has 1 aliphatic heterocycles. The Labute approximate surface area is 123 Å². The van der Waals surface area contributed by atoms with Crippen LogP contribution < -0.4 is 0 Å². The zero-order chi connectivity index (χ0) is 14.1. The lowest BCUT2D eigenvalue weighted by atomic mass is 10.3. The largest absolute Gasteiger partial charge is 0.459 e. The van der Waals surface area contributed by atoms with Crippen LogP contribution in [0.3, 0.4) is 0 Å². The Hall–Kier alpha value is -1.66. The molecule has 2 aliphatic rings. The van der Waals surface area contributed by atoms with Crippen molar-refractivity contribution in [1.82, 2.24) is 19.9 Å². The Morgan fingerprint density at radius 1 is 1.14 bits per heavy atom. The van der Waals surface area contributed by atoms with E-state index in [9.17, 15) is 0 Å². The van der Waals surface area contributed by atoms with E-state index >= 15 is 0 Å². The van der Waals surface area contributed by atoms with E-state index in [1.165, 1.54) is 19.4 Å². The molecule has 0 N–H and O–H groups in total. The van der Waals surface area contributed by atoms with Crippen LogP contribution >= 0.6 is 0 Å². The summed E-state index contributed by atoms with van der Waals surface area (Å²) in [6.45, 7) is 6.51. The number of hydrogen-bond acceptors (Lipinski definition) is 6. The highest BCUT2D eigenvalue weighted by atomic mass is 16.5. The van der Waals surface area contributed by atoms with Crippen LogP contribution in [-0.2, 0) is 6.54 Å². The van der Waals surface area contributed by atoms with Gasteiger partial charge in [0.1, 0.15) is 0 Å². The molecule has 1 saturated carbocycles. The molecule has 0 unspecified atom stereocenters. The van der Waals surface area contributed by atoms with Crippen LogP contribution in [0.1, 0.15) is 18.7 Å². The van der Waals surface area contributed by atoms with Gasteiger partial charge in [-0.3, -0.25) is 4.90 Å². The molecule has 0 spiro atoms. The average molecular weight is 288 g/mol. The SMILES string of the molecule is c1coc(-c2nc(CN3CCN(CC4CC4)CC3)no2)c1. The minimum atomic E-state index is 0.461. The fourth-order valence-corrected chi connectivity index (χ4v) is 2.81. The predicted octanol–water partition coefficient (Wildman–Crippen LogP) is 1.86. The van der Waals surface area contributed by atoms with Crippen LogP contribution in [0, 0.1) is 5.92 Å². The lowest BCUT2D eigenvalue weighted by Gasteiger charge is -2.34. The zero-order valence-electron chi connectivity index (χ0n) is 12.1. The summed E-state index contributed by atoms with van der Waals surface area (Å²) in [6.07, 6.45) is 4.47. The van der Waals surface area contributed by atoms with Gasteiger partial charge in [-0.25, -0.2) is 0 Å². The Bertz CT molecular complexity index is 568. The van der Waals surface area contributed by atoms with E-state index in [-0.39, 0.29) is 0 Å². The minimum absolute atomic E-state index is 0.461. The van der Waals surface area contributed by atoms with E-state index in [0.29, 0.717) is 11.7 Å². The van der Waals surface area contributed by atoms with Crippen LogP contribution in [0.25, 0.3) is 11.7 Å². The molecule has 0 atom stereocenters. The van der Waals surface area contributed by atoms with Crippen molar-refractivity contribution in [3.05, 3.63) is 24.2 Å². The standard InChI is InChI=1S/C15H20N4O2/c1-2-13(20-9-1)15-16-14(17-21-15)11-19-7-5-18(6-8-19)10-12-3-4-12/h1-2,9,12H,3-8,10-11H2. The predicted molar refractivity (Wildman–Crippen MR) is 76.4 cm³/mol. The molecule has 2 fully saturated rings. The van der Waals surface area contributed by atoms with E-state index in [4.69, 9.17) is 8.94 Å². The summed E-state index contributed by atoms with van der Waals surface area (Å²) in [7, 11) is 0. The molecule has 1 aliphatic carbocycles. The van der Waals surface area contributed by atoms with Gasteiger partial charge in [0.2, 0.25) is 0 Å². The smallest absolute Gasteiger partial charge is 0.293 e. The Morgan fingerprint density at radius 2 is 1.95 bits per heavy atom. The summed E-state index contributed by atoms with van der Waals surface area (Å²) >= 11 is 0. The van der Waals surface area contributed by atoms with Crippen LogP contribution in [0.2, 0.25) is 0 Å². The first-order chi connectivity index (χ1) is 10.4. The van der Waals surface area contributed by atoms with E-state index < -0.39 is 0 Å². The van der Waals surface area contributed by atoms with Crippen molar-refractivity contribution in [2.75, 3.05) is 32.7 Å². The highest BCUT2D eigenvalue weighted by Crippen LogP contribution is 2.30. The second-order valence-corrected chi connectivity index (χ2v) is 6.01. The third-order valence-corrected chi connectivity index (χ3v) is 4.24. The molecule has 2 aromatic rings. The summed E-state index contributed by atoms with van der Waals surface area (Å²) in [5.41, 5.74) is 0. The summed E-state index contributed by atoms with van der Waals surface area (Å²) in [5.74, 6) is 2.80. The summed E-state index contributed by atoms with van der Waals surface area (Å²) in [6, 6.07) is 3.65. The molecular formula is C15H20N4O2. The highest BCUT2D eigenvalue weighted by Gasteiger charge is 2.26. The van der Waals surface area contributed by atoms with Crippen LogP contribution in [-0.4, -0.2) is 52.7 Å². The van der Waals surface area contributed by atoms with E-state index in [2.05, 4.69) is 19.9 Å². The monoisotopic (exact) mass is 288 g/mol. The first-order valence-corrected chi connectivity index (χ1v) is 7.68. The third kappa shape index (κ3) is 3.16. The number of hydrogen-bond donors (Lipinski definition) is 0. The first kappa shape index (κ1) is 13.0. The maximum atomic E-state index is 5.26. The Balaban J connectivity index is 1.30. The molecule has 6 heteroatoms. The molecule has 3 heterocycles. The number of nitrogens with zero attached hydrogens (tertiary/aromatic N) is 4. The maximum Gasteiger partial charge on any atom is 0.293 e. The molecule has 1 saturated heterocycles. The van der Waals surface area contributed by atoms with Crippen LogP contribution in [0.5, 0.6) is 0 Å². The van der Waals surface area contributed by atoms with Gasteiger partial charge in [-0.2, -0.15) is 4.98 Å². The van der Waals surface area contributed by atoms with Gasteiger partial charge in [0.05, 0.1) is 12.8 Å². The van der Waals surface area contributed by atoms with Crippen LogP contribution in [0.4, 0.5) is 0 Å². The topological polar surface area (TPSA) is 58.5 Å². The summed E-state index contributed by atoms with van der Waals surface area (Å²) in [4.78, 5) is 9.37. The molecule has 0 amide bonds. The Morgan fingerprint density at radius 3 is 2.67 bits per heavy atom. The lowest BCUT2D eigenvalue weighted by Crippen LogP contribution is -2.46. The normalized spacial score (nSPS) is 21.0. The van der Waals surface area contributed by atoms with Crippen molar-refractivity contribution in [2.45, 2.75) is 19.4 Å². The summed E-state index contributed by atoms with van der Waals surface area (Å²) in [5, 5.41) is 4.04. The number of rotatable bonds is 5. The van der Waals surface area contributed by atoms with Gasteiger partial charge in [0.15, 0.2) is 11.6 Å². The fraction of sp³-hybridized carbons (Fsp3) is 0.600. The molecule has 2 aromatic heterocycles. The van der Waals surface area contributed by atoms with Gasteiger partial charge in [-0.05, 0) is 30.9 Å².